The van der Waals surface area contributed by atoms with E-state index in [1.165, 1.54) is 48.6 Å². The molecule has 1 heterocycles. The van der Waals surface area contributed by atoms with Crippen LogP contribution in [0.25, 0.3) is 11.0 Å². The summed E-state index contributed by atoms with van der Waals surface area (Å²) in [6.07, 6.45) is 9.54. The smallest absolute Gasteiger partial charge is 0.134 e. The summed E-state index contributed by atoms with van der Waals surface area (Å²) in [5.41, 5.74) is 5.49. The molecule has 2 aliphatic carbocycles. The number of aryl methyl sites for hydroxylation is 2. The van der Waals surface area contributed by atoms with Gasteiger partial charge < -0.3 is 9.73 Å². The van der Waals surface area contributed by atoms with Crippen molar-refractivity contribution in [3.05, 3.63) is 35.1 Å². The minimum absolute atomic E-state index is 0.799. The first kappa shape index (κ1) is 10.6. The molecule has 0 saturated heterocycles. The van der Waals surface area contributed by atoms with Crippen LogP contribution in [0.15, 0.2) is 22.8 Å². The fourth-order valence-electron chi connectivity index (χ4n) is 3.04. The third-order valence-corrected chi connectivity index (χ3v) is 4.27. The van der Waals surface area contributed by atoms with Crippen LogP contribution in [0.4, 0.5) is 0 Å². The van der Waals surface area contributed by atoms with E-state index >= 15 is 0 Å². The summed E-state index contributed by atoms with van der Waals surface area (Å²) in [4.78, 5) is 0. The SMILES string of the molecule is c1oc2cc3c(cc2c1CCNC1CC1)CCC3. The maximum atomic E-state index is 5.72. The summed E-state index contributed by atoms with van der Waals surface area (Å²) in [7, 11) is 0. The molecule has 0 bridgehead atoms. The Labute approximate surface area is 107 Å². The van der Waals surface area contributed by atoms with Crippen molar-refractivity contribution < 1.29 is 4.42 Å². The number of hydrogen-bond acceptors (Lipinski definition) is 2. The van der Waals surface area contributed by atoms with Gasteiger partial charge in [0.1, 0.15) is 5.58 Å². The Morgan fingerprint density at radius 1 is 1.17 bits per heavy atom. The average Bonchev–Trinajstić information content (AvgIpc) is 2.95. The van der Waals surface area contributed by atoms with E-state index in [0.717, 1.165) is 24.6 Å². The van der Waals surface area contributed by atoms with Crippen LogP contribution < -0.4 is 5.32 Å². The van der Waals surface area contributed by atoms with Gasteiger partial charge in [0, 0.05) is 11.4 Å². The number of furan rings is 1. The molecule has 0 unspecified atom stereocenters. The molecule has 2 heteroatoms. The molecule has 0 atom stereocenters. The van der Waals surface area contributed by atoms with Crippen molar-refractivity contribution in [3.8, 4) is 0 Å². The van der Waals surface area contributed by atoms with Crippen molar-refractivity contribution in [1.29, 1.82) is 0 Å². The van der Waals surface area contributed by atoms with Crippen LogP contribution in [0.3, 0.4) is 0 Å². The first-order valence-electron chi connectivity index (χ1n) is 7.15. The molecule has 1 aromatic heterocycles. The fraction of sp³-hybridized carbons (Fsp3) is 0.500. The lowest BCUT2D eigenvalue weighted by atomic mass is 10.0. The molecule has 94 valence electrons. The van der Waals surface area contributed by atoms with Gasteiger partial charge in [-0.05, 0) is 73.9 Å². The van der Waals surface area contributed by atoms with Crippen LogP contribution in [0.1, 0.15) is 36.0 Å². The minimum Gasteiger partial charge on any atom is -0.464 e. The summed E-state index contributed by atoms with van der Waals surface area (Å²) in [5, 5.41) is 4.91. The normalized spacial score (nSPS) is 18.4. The van der Waals surface area contributed by atoms with Gasteiger partial charge in [0.15, 0.2) is 0 Å². The van der Waals surface area contributed by atoms with Crippen molar-refractivity contribution in [2.24, 2.45) is 0 Å². The number of benzene rings is 1. The highest BCUT2D eigenvalue weighted by Crippen LogP contribution is 2.30. The number of fused-ring (bicyclic) bond motifs is 2. The zero-order chi connectivity index (χ0) is 11.9. The molecule has 0 aliphatic heterocycles. The van der Waals surface area contributed by atoms with Gasteiger partial charge in [0.05, 0.1) is 6.26 Å². The van der Waals surface area contributed by atoms with Gasteiger partial charge >= 0.3 is 0 Å². The molecule has 1 aromatic carbocycles. The van der Waals surface area contributed by atoms with Crippen LogP contribution in [-0.2, 0) is 19.3 Å². The predicted octanol–water partition coefficient (Wildman–Crippen LogP) is 3.22. The lowest BCUT2D eigenvalue weighted by molar-refractivity contribution is 0.605. The molecular weight excluding hydrogens is 222 g/mol. The van der Waals surface area contributed by atoms with E-state index in [1.54, 1.807) is 5.56 Å². The largest absolute Gasteiger partial charge is 0.464 e. The average molecular weight is 241 g/mol. The quantitative estimate of drug-likeness (QED) is 0.889. The zero-order valence-electron chi connectivity index (χ0n) is 10.7. The Morgan fingerprint density at radius 2 is 2.00 bits per heavy atom. The summed E-state index contributed by atoms with van der Waals surface area (Å²) in [6.45, 7) is 1.08. The third kappa shape index (κ3) is 1.85. The molecule has 2 aromatic rings. The van der Waals surface area contributed by atoms with E-state index in [1.807, 2.05) is 6.26 Å². The lowest BCUT2D eigenvalue weighted by Crippen LogP contribution is -2.19. The van der Waals surface area contributed by atoms with Gasteiger partial charge in [-0.2, -0.15) is 0 Å². The number of nitrogens with one attached hydrogen (secondary N) is 1. The van der Waals surface area contributed by atoms with Crippen LogP contribution in [0.5, 0.6) is 0 Å². The lowest BCUT2D eigenvalue weighted by Gasteiger charge is -2.02. The molecule has 0 radical (unpaired) electrons. The Bertz CT molecular complexity index is 580. The number of hydrogen-bond donors (Lipinski definition) is 1. The Balaban J connectivity index is 1.60. The second kappa shape index (κ2) is 4.13. The summed E-state index contributed by atoms with van der Waals surface area (Å²) >= 11 is 0. The summed E-state index contributed by atoms with van der Waals surface area (Å²) in [6, 6.07) is 5.43. The maximum Gasteiger partial charge on any atom is 0.134 e. The number of rotatable bonds is 4. The second-order valence-electron chi connectivity index (χ2n) is 5.71. The standard InChI is InChI=1S/C16H19NO/c1-2-11-8-15-13(6-7-17-14-4-5-14)10-18-16(15)9-12(11)3-1/h8-10,14,17H,1-7H2. The van der Waals surface area contributed by atoms with E-state index in [2.05, 4.69) is 17.4 Å². The highest BCUT2D eigenvalue weighted by atomic mass is 16.3. The first-order valence-corrected chi connectivity index (χ1v) is 7.15. The molecule has 1 fully saturated rings. The van der Waals surface area contributed by atoms with Crippen LogP contribution in [0, 0.1) is 0 Å². The van der Waals surface area contributed by atoms with E-state index in [-0.39, 0.29) is 0 Å². The van der Waals surface area contributed by atoms with Crippen molar-refractivity contribution in [1.82, 2.24) is 5.32 Å². The Hall–Kier alpha value is -1.28. The van der Waals surface area contributed by atoms with Gasteiger partial charge in [-0.25, -0.2) is 0 Å². The fourth-order valence-corrected chi connectivity index (χ4v) is 3.04. The molecule has 2 aliphatic rings. The summed E-state index contributed by atoms with van der Waals surface area (Å²) in [5.74, 6) is 0. The van der Waals surface area contributed by atoms with Gasteiger partial charge in [-0.15, -0.1) is 0 Å². The van der Waals surface area contributed by atoms with Crippen molar-refractivity contribution in [3.63, 3.8) is 0 Å². The second-order valence-corrected chi connectivity index (χ2v) is 5.71. The van der Waals surface area contributed by atoms with E-state index in [0.29, 0.717) is 0 Å². The van der Waals surface area contributed by atoms with E-state index in [9.17, 15) is 0 Å². The molecule has 0 amide bonds. The molecule has 2 nitrogen and oxygen atoms in total. The molecular formula is C16H19NO. The van der Waals surface area contributed by atoms with Gasteiger partial charge in [0.25, 0.3) is 0 Å². The van der Waals surface area contributed by atoms with Gasteiger partial charge in [-0.1, -0.05) is 0 Å². The highest BCUT2D eigenvalue weighted by Gasteiger charge is 2.20. The van der Waals surface area contributed by atoms with Gasteiger partial charge in [-0.3, -0.25) is 0 Å². The predicted molar refractivity (Wildman–Crippen MR) is 73.0 cm³/mol. The van der Waals surface area contributed by atoms with Crippen LogP contribution in [-0.4, -0.2) is 12.6 Å². The molecule has 4 rings (SSSR count). The third-order valence-electron chi connectivity index (χ3n) is 4.27. The van der Waals surface area contributed by atoms with Crippen molar-refractivity contribution in [2.75, 3.05) is 6.54 Å². The maximum absolute atomic E-state index is 5.72. The van der Waals surface area contributed by atoms with E-state index in [4.69, 9.17) is 4.42 Å². The molecule has 18 heavy (non-hydrogen) atoms. The zero-order valence-corrected chi connectivity index (χ0v) is 10.7. The molecule has 1 N–H and O–H groups in total. The molecule has 1 saturated carbocycles. The molecule has 0 spiro atoms. The Kier molecular flexibility index (Phi) is 2.44. The highest BCUT2D eigenvalue weighted by molar-refractivity contribution is 5.83. The minimum atomic E-state index is 0.799. The van der Waals surface area contributed by atoms with Crippen LogP contribution in [0.2, 0.25) is 0 Å². The van der Waals surface area contributed by atoms with Crippen LogP contribution >= 0.6 is 0 Å². The van der Waals surface area contributed by atoms with Crippen molar-refractivity contribution in [2.45, 2.75) is 44.6 Å². The topological polar surface area (TPSA) is 25.2 Å². The monoisotopic (exact) mass is 241 g/mol. The summed E-state index contributed by atoms with van der Waals surface area (Å²) < 4.78 is 5.72. The van der Waals surface area contributed by atoms with Crippen molar-refractivity contribution >= 4 is 11.0 Å². The Morgan fingerprint density at radius 3 is 2.83 bits per heavy atom. The first-order chi connectivity index (χ1) is 8.90. The van der Waals surface area contributed by atoms with E-state index < -0.39 is 0 Å². The van der Waals surface area contributed by atoms with Gasteiger partial charge in [0.2, 0.25) is 0 Å².